The van der Waals surface area contributed by atoms with Crippen LogP contribution in [0.5, 0.6) is 0 Å². The van der Waals surface area contributed by atoms with E-state index in [-0.39, 0.29) is 0 Å². The van der Waals surface area contributed by atoms with Crippen molar-refractivity contribution in [1.29, 1.82) is 0 Å². The number of aliphatic hydroxyl groups excluding tert-OH is 1. The Labute approximate surface area is 73.6 Å². The van der Waals surface area contributed by atoms with Gasteiger partial charge in [0.25, 0.3) is 0 Å². The van der Waals surface area contributed by atoms with E-state index in [1.165, 1.54) is 12.5 Å². The second-order valence-corrected chi connectivity index (χ2v) is 1.69. The van der Waals surface area contributed by atoms with Crippen molar-refractivity contribution in [2.24, 2.45) is 0 Å². The molecule has 0 amide bonds. The largest absolute Gasteiger partial charge is 0.474 e. The number of ether oxygens (including phenoxy) is 2. The molecule has 0 aliphatic carbocycles. The van der Waals surface area contributed by atoms with Gasteiger partial charge in [-0.25, -0.2) is 0 Å². The SMILES string of the molecule is C=CCOC(C)O.C=COC=C. The summed E-state index contributed by atoms with van der Waals surface area (Å²) in [6, 6.07) is 0. The van der Waals surface area contributed by atoms with Gasteiger partial charge in [-0.3, -0.25) is 0 Å². The summed E-state index contributed by atoms with van der Waals surface area (Å²) in [5.41, 5.74) is 0. The van der Waals surface area contributed by atoms with E-state index in [1.54, 1.807) is 13.0 Å². The van der Waals surface area contributed by atoms with Gasteiger partial charge in [0, 0.05) is 0 Å². The molecule has 0 aliphatic rings. The van der Waals surface area contributed by atoms with E-state index in [4.69, 9.17) is 5.11 Å². The molecule has 0 aliphatic heterocycles. The molecular formula is C9H16O3. The normalized spacial score (nSPS) is 10.2. The summed E-state index contributed by atoms with van der Waals surface area (Å²) in [6.45, 7) is 11.9. The van der Waals surface area contributed by atoms with Gasteiger partial charge in [-0.05, 0) is 6.92 Å². The fourth-order valence-electron chi connectivity index (χ4n) is 0.275. The maximum absolute atomic E-state index is 8.41. The molecular weight excluding hydrogens is 156 g/mol. The van der Waals surface area contributed by atoms with E-state index in [1.807, 2.05) is 0 Å². The van der Waals surface area contributed by atoms with Gasteiger partial charge in [-0.15, -0.1) is 6.58 Å². The number of aliphatic hydroxyl groups is 1. The first-order chi connectivity index (χ1) is 5.68. The maximum atomic E-state index is 8.41. The van der Waals surface area contributed by atoms with E-state index < -0.39 is 6.29 Å². The lowest BCUT2D eigenvalue weighted by atomic mass is 10.7. The second-order valence-electron chi connectivity index (χ2n) is 1.69. The lowest BCUT2D eigenvalue weighted by molar-refractivity contribution is -0.0739. The third kappa shape index (κ3) is 23.1. The molecule has 0 bridgehead atoms. The first-order valence-corrected chi connectivity index (χ1v) is 3.46. The summed E-state index contributed by atoms with van der Waals surface area (Å²) < 4.78 is 8.99. The van der Waals surface area contributed by atoms with Crippen LogP contribution in [0.4, 0.5) is 0 Å². The van der Waals surface area contributed by atoms with Gasteiger partial charge < -0.3 is 14.6 Å². The highest BCUT2D eigenvalue weighted by atomic mass is 16.6. The van der Waals surface area contributed by atoms with Crippen molar-refractivity contribution in [1.82, 2.24) is 0 Å². The van der Waals surface area contributed by atoms with Crippen LogP contribution in [0.15, 0.2) is 38.3 Å². The molecule has 1 atom stereocenters. The highest BCUT2D eigenvalue weighted by Gasteiger charge is 1.86. The zero-order chi connectivity index (χ0) is 9.82. The fourth-order valence-corrected chi connectivity index (χ4v) is 0.275. The van der Waals surface area contributed by atoms with Crippen molar-refractivity contribution in [3.8, 4) is 0 Å². The molecule has 3 nitrogen and oxygen atoms in total. The summed E-state index contributed by atoms with van der Waals surface area (Å²) in [5, 5.41) is 8.41. The van der Waals surface area contributed by atoms with E-state index in [2.05, 4.69) is 29.2 Å². The molecule has 0 aromatic carbocycles. The molecule has 12 heavy (non-hydrogen) atoms. The number of hydrogen-bond acceptors (Lipinski definition) is 3. The Morgan fingerprint density at radius 1 is 1.33 bits per heavy atom. The maximum Gasteiger partial charge on any atom is 0.152 e. The van der Waals surface area contributed by atoms with Gasteiger partial charge in [-0.2, -0.15) is 0 Å². The van der Waals surface area contributed by atoms with Crippen LogP contribution in [-0.4, -0.2) is 18.0 Å². The Hall–Kier alpha value is -1.06. The summed E-state index contributed by atoms with van der Waals surface area (Å²) >= 11 is 0. The van der Waals surface area contributed by atoms with Crippen LogP contribution in [0.2, 0.25) is 0 Å². The predicted molar refractivity (Wildman–Crippen MR) is 49.3 cm³/mol. The molecule has 3 heteroatoms. The molecule has 0 rings (SSSR count). The van der Waals surface area contributed by atoms with E-state index >= 15 is 0 Å². The van der Waals surface area contributed by atoms with Crippen molar-refractivity contribution in [3.05, 3.63) is 38.3 Å². The molecule has 0 saturated carbocycles. The standard InChI is InChI=1S/C5H10O2.C4H6O/c1-3-4-7-5(2)6;1-3-5-4-2/h3,5-6H,1,4H2,2H3;3-4H,1-2H2. The first kappa shape index (κ1) is 13.5. The smallest absolute Gasteiger partial charge is 0.152 e. The van der Waals surface area contributed by atoms with Gasteiger partial charge in [0.1, 0.15) is 0 Å². The molecule has 0 saturated heterocycles. The van der Waals surface area contributed by atoms with Crippen LogP contribution in [-0.2, 0) is 9.47 Å². The van der Waals surface area contributed by atoms with Crippen LogP contribution in [0, 0.1) is 0 Å². The van der Waals surface area contributed by atoms with Crippen LogP contribution in [0.1, 0.15) is 6.92 Å². The van der Waals surface area contributed by atoms with Crippen molar-refractivity contribution in [2.75, 3.05) is 6.61 Å². The van der Waals surface area contributed by atoms with Gasteiger partial charge >= 0.3 is 0 Å². The Morgan fingerprint density at radius 2 is 1.83 bits per heavy atom. The van der Waals surface area contributed by atoms with Crippen molar-refractivity contribution in [3.63, 3.8) is 0 Å². The van der Waals surface area contributed by atoms with Crippen LogP contribution < -0.4 is 0 Å². The molecule has 0 aromatic rings. The molecule has 1 N–H and O–H groups in total. The van der Waals surface area contributed by atoms with Gasteiger partial charge in [0.15, 0.2) is 6.29 Å². The minimum atomic E-state index is -0.669. The van der Waals surface area contributed by atoms with E-state index in [0.29, 0.717) is 6.61 Å². The van der Waals surface area contributed by atoms with Gasteiger partial charge in [0.2, 0.25) is 0 Å². The lowest BCUT2D eigenvalue weighted by Gasteiger charge is -2.00. The number of rotatable bonds is 5. The zero-order valence-electron chi connectivity index (χ0n) is 7.40. The molecule has 0 spiro atoms. The van der Waals surface area contributed by atoms with Crippen LogP contribution in [0.3, 0.4) is 0 Å². The molecule has 0 aromatic heterocycles. The highest BCUT2D eigenvalue weighted by Crippen LogP contribution is 1.81. The Morgan fingerprint density at radius 3 is 1.92 bits per heavy atom. The summed E-state index contributed by atoms with van der Waals surface area (Å²) in [7, 11) is 0. The zero-order valence-corrected chi connectivity index (χ0v) is 7.40. The average Bonchev–Trinajstić information content (AvgIpc) is 2.03. The molecule has 0 fully saturated rings. The summed E-state index contributed by atoms with van der Waals surface area (Å²) in [5.74, 6) is 0. The Bertz CT molecular complexity index is 113. The Kier molecular flexibility index (Phi) is 14.2. The van der Waals surface area contributed by atoms with Crippen molar-refractivity contribution in [2.45, 2.75) is 13.2 Å². The molecule has 0 radical (unpaired) electrons. The average molecular weight is 172 g/mol. The van der Waals surface area contributed by atoms with Crippen LogP contribution in [0.25, 0.3) is 0 Å². The third-order valence-corrected chi connectivity index (χ3v) is 0.648. The van der Waals surface area contributed by atoms with Crippen molar-refractivity contribution >= 4 is 0 Å². The number of hydrogen-bond donors (Lipinski definition) is 1. The molecule has 0 heterocycles. The topological polar surface area (TPSA) is 38.7 Å². The van der Waals surface area contributed by atoms with Gasteiger partial charge in [0.05, 0.1) is 19.1 Å². The first-order valence-electron chi connectivity index (χ1n) is 3.46. The highest BCUT2D eigenvalue weighted by molar-refractivity contribution is 4.63. The molecule has 1 unspecified atom stereocenters. The fraction of sp³-hybridized carbons (Fsp3) is 0.333. The Balaban J connectivity index is 0. The predicted octanol–water partition coefficient (Wildman–Crippen LogP) is 1.82. The second kappa shape index (κ2) is 12.6. The van der Waals surface area contributed by atoms with E-state index in [9.17, 15) is 0 Å². The molecule has 70 valence electrons. The summed E-state index contributed by atoms with van der Waals surface area (Å²) in [4.78, 5) is 0. The van der Waals surface area contributed by atoms with Crippen molar-refractivity contribution < 1.29 is 14.6 Å². The van der Waals surface area contributed by atoms with Crippen LogP contribution >= 0.6 is 0 Å². The van der Waals surface area contributed by atoms with E-state index in [0.717, 1.165) is 0 Å². The third-order valence-electron chi connectivity index (χ3n) is 0.648. The quantitative estimate of drug-likeness (QED) is 0.390. The minimum absolute atomic E-state index is 0.414. The lowest BCUT2D eigenvalue weighted by Crippen LogP contribution is -2.04. The summed E-state index contributed by atoms with van der Waals surface area (Å²) in [6.07, 6.45) is 3.55. The monoisotopic (exact) mass is 172 g/mol. The van der Waals surface area contributed by atoms with Gasteiger partial charge in [-0.1, -0.05) is 19.2 Å². The minimum Gasteiger partial charge on any atom is -0.474 e.